The molecule has 3 aromatic rings. The number of aromatic nitrogens is 1. The summed E-state index contributed by atoms with van der Waals surface area (Å²) in [6.07, 6.45) is 0.191. The molecule has 0 saturated carbocycles. The lowest BCUT2D eigenvalue weighted by molar-refractivity contribution is -0.120. The molecule has 1 aliphatic heterocycles. The predicted octanol–water partition coefficient (Wildman–Crippen LogP) is 3.31. The van der Waals surface area contributed by atoms with Crippen molar-refractivity contribution < 1.29 is 17.6 Å². The number of nitrogens with one attached hydrogen (secondary N) is 2. The van der Waals surface area contributed by atoms with Gasteiger partial charge >= 0.3 is 0 Å². The van der Waals surface area contributed by atoms with E-state index in [1.807, 2.05) is 24.3 Å². The summed E-state index contributed by atoms with van der Waals surface area (Å²) in [6.45, 7) is 0. The van der Waals surface area contributed by atoms with Crippen molar-refractivity contribution in [3.05, 3.63) is 58.3 Å². The van der Waals surface area contributed by atoms with Crippen molar-refractivity contribution >= 4 is 55.0 Å². The van der Waals surface area contributed by atoms with E-state index < -0.39 is 34.0 Å². The van der Waals surface area contributed by atoms with Crippen molar-refractivity contribution in [1.29, 1.82) is 0 Å². The number of amides is 1. The summed E-state index contributed by atoms with van der Waals surface area (Å²) in [6, 6.07) is 9.65. The number of carbonyl (C=O) groups excluding carboxylic acids is 1. The number of halogens is 2. The molecule has 29 heavy (non-hydrogen) atoms. The van der Waals surface area contributed by atoms with Gasteiger partial charge in [0.05, 0.1) is 21.3 Å². The van der Waals surface area contributed by atoms with Crippen molar-refractivity contribution in [3.8, 4) is 0 Å². The number of para-hydroxylation sites is 1. The molecule has 0 aliphatic carbocycles. The van der Waals surface area contributed by atoms with E-state index in [-0.39, 0.29) is 17.1 Å². The lowest BCUT2D eigenvalue weighted by atomic mass is 10.1. The smallest absolute Gasteiger partial charge is 0.280 e. The average Bonchev–Trinajstić information content (AvgIpc) is 3.11. The first kappa shape index (κ1) is 20.2. The molecule has 1 fully saturated rings. The number of anilines is 1. The zero-order valence-electron chi connectivity index (χ0n) is 15.1. The lowest BCUT2D eigenvalue weighted by Crippen LogP contribution is -2.55. The first-order chi connectivity index (χ1) is 13.7. The second kappa shape index (κ2) is 7.62. The van der Waals surface area contributed by atoms with Crippen LogP contribution in [0.5, 0.6) is 0 Å². The van der Waals surface area contributed by atoms with Crippen LogP contribution in [0.4, 0.5) is 10.1 Å². The zero-order valence-corrected chi connectivity index (χ0v) is 17.5. The Labute approximate surface area is 175 Å². The van der Waals surface area contributed by atoms with Gasteiger partial charge in [-0.05, 0) is 36.8 Å². The number of thiazole rings is 1. The van der Waals surface area contributed by atoms with Crippen LogP contribution < -0.4 is 10.0 Å². The fraction of sp³-hybridized carbons (Fsp3) is 0.222. The van der Waals surface area contributed by atoms with Gasteiger partial charge in [0, 0.05) is 12.7 Å². The molecule has 11 heteroatoms. The van der Waals surface area contributed by atoms with Gasteiger partial charge < -0.3 is 5.32 Å². The molecule has 1 aromatic heterocycles. The predicted molar refractivity (Wildman–Crippen MR) is 111 cm³/mol. The van der Waals surface area contributed by atoms with Crippen LogP contribution in [0.2, 0.25) is 5.02 Å². The third-order valence-corrected chi connectivity index (χ3v) is 7.70. The molecule has 0 radical (unpaired) electrons. The van der Waals surface area contributed by atoms with Crippen LogP contribution in [-0.2, 0) is 15.0 Å². The van der Waals surface area contributed by atoms with Crippen molar-refractivity contribution in [3.63, 3.8) is 0 Å². The standard InChI is InChI=1S/C18H16ClFN4O3S2/c1-24-15(17(25)21-10-6-7-12(20)11(19)8-10)9-14(23-29(24,26)27)18-22-13-4-2-3-5-16(13)28-18/h2-8,14-15,23H,9H2,1H3,(H,21,25)/t14-,15+/m0/s1. The Morgan fingerprint density at radius 3 is 2.83 bits per heavy atom. The third-order valence-electron chi connectivity index (χ3n) is 4.67. The molecule has 152 valence electrons. The molecule has 1 saturated heterocycles. The summed E-state index contributed by atoms with van der Waals surface area (Å²) in [5, 5.41) is 3.06. The van der Waals surface area contributed by atoms with Crippen LogP contribution in [0.1, 0.15) is 17.5 Å². The van der Waals surface area contributed by atoms with Gasteiger partial charge in [0.25, 0.3) is 10.2 Å². The minimum atomic E-state index is -3.89. The van der Waals surface area contributed by atoms with E-state index in [4.69, 9.17) is 11.6 Å². The molecule has 2 atom stereocenters. The number of hydrogen-bond acceptors (Lipinski definition) is 5. The van der Waals surface area contributed by atoms with E-state index in [2.05, 4.69) is 15.0 Å². The molecular weight excluding hydrogens is 439 g/mol. The van der Waals surface area contributed by atoms with Crippen molar-refractivity contribution in [2.75, 3.05) is 12.4 Å². The number of likely N-dealkylation sites (N-methyl/N-ethyl adjacent to an activating group) is 1. The second-order valence-electron chi connectivity index (χ2n) is 6.58. The monoisotopic (exact) mass is 454 g/mol. The Kier molecular flexibility index (Phi) is 5.30. The maximum absolute atomic E-state index is 13.3. The van der Waals surface area contributed by atoms with E-state index in [0.717, 1.165) is 20.6 Å². The Hall–Kier alpha value is -2.11. The summed E-state index contributed by atoms with van der Waals surface area (Å²) < 4.78 is 43.0. The van der Waals surface area contributed by atoms with Crippen molar-refractivity contribution in [2.24, 2.45) is 0 Å². The number of fused-ring (bicyclic) bond motifs is 1. The van der Waals surface area contributed by atoms with Gasteiger partial charge in [-0.1, -0.05) is 23.7 Å². The first-order valence-electron chi connectivity index (χ1n) is 8.61. The first-order valence-corrected chi connectivity index (χ1v) is 11.2. The van der Waals surface area contributed by atoms with Gasteiger partial charge in [-0.25, -0.2) is 9.37 Å². The molecule has 0 bridgehead atoms. The summed E-state index contributed by atoms with van der Waals surface area (Å²) in [5.74, 6) is -1.14. The minimum Gasteiger partial charge on any atom is -0.325 e. The van der Waals surface area contributed by atoms with Crippen LogP contribution in [0.3, 0.4) is 0 Å². The van der Waals surface area contributed by atoms with E-state index in [1.165, 1.54) is 30.5 Å². The van der Waals surface area contributed by atoms with Crippen molar-refractivity contribution in [1.82, 2.24) is 14.0 Å². The maximum atomic E-state index is 13.3. The van der Waals surface area contributed by atoms with Crippen LogP contribution in [0.25, 0.3) is 10.2 Å². The van der Waals surface area contributed by atoms with E-state index in [1.54, 1.807) is 0 Å². The van der Waals surface area contributed by atoms with Gasteiger partial charge in [-0.3, -0.25) is 4.79 Å². The molecule has 2 aromatic carbocycles. The summed E-state index contributed by atoms with van der Waals surface area (Å²) >= 11 is 7.13. The molecule has 4 rings (SSSR count). The zero-order chi connectivity index (χ0) is 20.8. The lowest BCUT2D eigenvalue weighted by Gasteiger charge is -2.35. The number of carbonyl (C=O) groups is 1. The van der Waals surface area contributed by atoms with Crippen LogP contribution in [0, 0.1) is 5.82 Å². The fourth-order valence-corrected chi connectivity index (χ4v) is 5.65. The normalized spacial score (nSPS) is 21.9. The second-order valence-corrected chi connectivity index (χ2v) is 9.81. The fourth-order valence-electron chi connectivity index (χ4n) is 3.11. The Bertz CT molecular complexity index is 1170. The van der Waals surface area contributed by atoms with Gasteiger partial charge in [0.2, 0.25) is 5.91 Å². The van der Waals surface area contributed by atoms with E-state index in [0.29, 0.717) is 5.01 Å². The van der Waals surface area contributed by atoms with Gasteiger partial charge in [-0.15, -0.1) is 11.3 Å². The maximum Gasteiger partial charge on any atom is 0.280 e. The SMILES string of the molecule is CN1[C@@H](C(=O)Nc2ccc(F)c(Cl)c2)C[C@@H](c2nc3ccccc3s2)NS1(=O)=O. The quantitative estimate of drug-likeness (QED) is 0.635. The highest BCUT2D eigenvalue weighted by atomic mass is 35.5. The largest absolute Gasteiger partial charge is 0.325 e. The minimum absolute atomic E-state index is 0.138. The number of benzene rings is 2. The van der Waals surface area contributed by atoms with E-state index in [9.17, 15) is 17.6 Å². The molecule has 7 nitrogen and oxygen atoms in total. The Balaban J connectivity index is 1.61. The van der Waals surface area contributed by atoms with E-state index >= 15 is 0 Å². The summed E-state index contributed by atoms with van der Waals surface area (Å²) in [5.41, 5.74) is 1.05. The van der Waals surface area contributed by atoms with Crippen molar-refractivity contribution in [2.45, 2.75) is 18.5 Å². The van der Waals surface area contributed by atoms with Gasteiger partial charge in [-0.2, -0.15) is 17.4 Å². The molecule has 1 amide bonds. The molecular formula is C18H16ClFN4O3S2. The number of nitrogens with zero attached hydrogens (tertiary/aromatic N) is 2. The average molecular weight is 455 g/mol. The summed E-state index contributed by atoms with van der Waals surface area (Å²) in [7, 11) is -2.56. The summed E-state index contributed by atoms with van der Waals surface area (Å²) in [4.78, 5) is 17.3. The Morgan fingerprint density at radius 1 is 1.34 bits per heavy atom. The Morgan fingerprint density at radius 2 is 2.10 bits per heavy atom. The highest BCUT2D eigenvalue weighted by molar-refractivity contribution is 7.87. The highest BCUT2D eigenvalue weighted by Crippen LogP contribution is 2.33. The third kappa shape index (κ3) is 3.99. The molecule has 0 unspecified atom stereocenters. The number of rotatable bonds is 3. The number of hydrogen-bond donors (Lipinski definition) is 2. The van der Waals surface area contributed by atoms with Crippen LogP contribution in [0.15, 0.2) is 42.5 Å². The van der Waals surface area contributed by atoms with Crippen LogP contribution >= 0.6 is 22.9 Å². The van der Waals surface area contributed by atoms with Crippen LogP contribution in [-0.4, -0.2) is 36.7 Å². The highest BCUT2D eigenvalue weighted by Gasteiger charge is 2.41. The van der Waals surface area contributed by atoms with Gasteiger partial charge in [0.1, 0.15) is 16.9 Å². The topological polar surface area (TPSA) is 91.4 Å². The molecule has 2 heterocycles. The van der Waals surface area contributed by atoms with Gasteiger partial charge in [0.15, 0.2) is 0 Å². The molecule has 2 N–H and O–H groups in total. The molecule has 0 spiro atoms. The molecule has 1 aliphatic rings.